The maximum Gasteiger partial charge on any atom is 0.225 e. The maximum atomic E-state index is 12.5. The van der Waals surface area contributed by atoms with Crippen LogP contribution in [-0.2, 0) is 18.3 Å². The van der Waals surface area contributed by atoms with Crippen LogP contribution < -0.4 is 5.32 Å². The normalized spacial score (nSPS) is 11.0. The van der Waals surface area contributed by atoms with Crippen LogP contribution in [-0.4, -0.2) is 25.5 Å². The Labute approximate surface area is 161 Å². The second kappa shape index (κ2) is 7.45. The van der Waals surface area contributed by atoms with E-state index in [2.05, 4.69) is 31.4 Å². The summed E-state index contributed by atoms with van der Waals surface area (Å²) in [5.74, 6) is 0.633. The SMILES string of the molecule is Cc1cc(NC(=O)CCc2c(C)nn(C)c2C)n(-c2cccc(Br)c2)n1. The number of nitrogens with one attached hydrogen (secondary N) is 1. The zero-order valence-corrected chi connectivity index (χ0v) is 17.0. The molecule has 0 radical (unpaired) electrons. The Balaban J connectivity index is 1.74. The van der Waals surface area contributed by atoms with E-state index in [1.54, 1.807) is 4.68 Å². The van der Waals surface area contributed by atoms with Gasteiger partial charge in [0.1, 0.15) is 5.82 Å². The van der Waals surface area contributed by atoms with Crippen LogP contribution in [0.3, 0.4) is 0 Å². The lowest BCUT2D eigenvalue weighted by Crippen LogP contribution is -2.15. The molecule has 3 rings (SSSR count). The largest absolute Gasteiger partial charge is 0.311 e. The highest BCUT2D eigenvalue weighted by molar-refractivity contribution is 9.10. The molecule has 0 aliphatic heterocycles. The molecule has 1 amide bonds. The number of anilines is 1. The molecule has 0 spiro atoms. The third kappa shape index (κ3) is 3.88. The number of hydrogen-bond donors (Lipinski definition) is 1. The molecule has 0 unspecified atom stereocenters. The van der Waals surface area contributed by atoms with Gasteiger partial charge in [0.25, 0.3) is 0 Å². The molecule has 2 aromatic heterocycles. The first-order valence-corrected chi connectivity index (χ1v) is 9.26. The van der Waals surface area contributed by atoms with Crippen LogP contribution >= 0.6 is 15.9 Å². The van der Waals surface area contributed by atoms with Crippen molar-refractivity contribution in [3.05, 3.63) is 57.4 Å². The molecule has 2 heterocycles. The molecule has 7 heteroatoms. The first-order chi connectivity index (χ1) is 12.3. The van der Waals surface area contributed by atoms with Gasteiger partial charge in [-0.1, -0.05) is 22.0 Å². The van der Waals surface area contributed by atoms with E-state index in [-0.39, 0.29) is 5.91 Å². The maximum absolute atomic E-state index is 12.5. The van der Waals surface area contributed by atoms with E-state index in [0.29, 0.717) is 18.7 Å². The summed E-state index contributed by atoms with van der Waals surface area (Å²) in [5, 5.41) is 11.9. The Bertz CT molecular complexity index is 957. The number of benzene rings is 1. The molecule has 26 heavy (non-hydrogen) atoms. The van der Waals surface area contributed by atoms with Crippen LogP contribution in [0.25, 0.3) is 5.69 Å². The van der Waals surface area contributed by atoms with Crippen molar-refractivity contribution in [1.29, 1.82) is 0 Å². The van der Waals surface area contributed by atoms with Gasteiger partial charge in [-0.25, -0.2) is 4.68 Å². The third-order valence-electron chi connectivity index (χ3n) is 4.41. The summed E-state index contributed by atoms with van der Waals surface area (Å²) < 4.78 is 4.57. The van der Waals surface area contributed by atoms with E-state index in [1.165, 1.54) is 0 Å². The van der Waals surface area contributed by atoms with Crippen molar-refractivity contribution < 1.29 is 4.79 Å². The zero-order chi connectivity index (χ0) is 18.8. The second-order valence-corrected chi connectivity index (χ2v) is 7.30. The smallest absolute Gasteiger partial charge is 0.225 e. The Morgan fingerprint density at radius 1 is 1.19 bits per heavy atom. The fourth-order valence-electron chi connectivity index (χ4n) is 3.02. The first-order valence-electron chi connectivity index (χ1n) is 8.46. The molecule has 6 nitrogen and oxygen atoms in total. The van der Waals surface area contributed by atoms with Gasteiger partial charge in [-0.3, -0.25) is 9.48 Å². The van der Waals surface area contributed by atoms with E-state index in [0.717, 1.165) is 32.8 Å². The fourth-order valence-corrected chi connectivity index (χ4v) is 3.40. The minimum atomic E-state index is -0.0381. The average Bonchev–Trinajstić information content (AvgIpc) is 3.05. The standard InChI is InChI=1S/C19H22BrN5O/c1-12-10-18(25(22-12)16-7-5-6-15(20)11-16)21-19(26)9-8-17-13(2)23-24(4)14(17)3/h5-7,10-11H,8-9H2,1-4H3,(H,21,26). The van der Waals surface area contributed by atoms with Crippen LogP contribution in [0.2, 0.25) is 0 Å². The Morgan fingerprint density at radius 2 is 1.96 bits per heavy atom. The summed E-state index contributed by atoms with van der Waals surface area (Å²) >= 11 is 3.47. The van der Waals surface area contributed by atoms with Crippen molar-refractivity contribution in [2.45, 2.75) is 33.6 Å². The molecule has 3 aromatic rings. The summed E-state index contributed by atoms with van der Waals surface area (Å²) in [5.41, 5.74) is 4.96. The van der Waals surface area contributed by atoms with Crippen molar-refractivity contribution in [3.8, 4) is 5.69 Å². The van der Waals surface area contributed by atoms with Gasteiger partial charge < -0.3 is 5.32 Å². The lowest BCUT2D eigenvalue weighted by molar-refractivity contribution is -0.116. The van der Waals surface area contributed by atoms with Crippen molar-refractivity contribution in [2.75, 3.05) is 5.32 Å². The third-order valence-corrected chi connectivity index (χ3v) is 4.91. The molecule has 1 aromatic carbocycles. The highest BCUT2D eigenvalue weighted by atomic mass is 79.9. The Kier molecular flexibility index (Phi) is 5.27. The Hall–Kier alpha value is -2.41. The van der Waals surface area contributed by atoms with E-state index >= 15 is 0 Å². The summed E-state index contributed by atoms with van der Waals surface area (Å²) in [4.78, 5) is 12.5. The lowest BCUT2D eigenvalue weighted by Gasteiger charge is -2.09. The van der Waals surface area contributed by atoms with E-state index in [4.69, 9.17) is 0 Å². The molecule has 0 atom stereocenters. The monoisotopic (exact) mass is 415 g/mol. The summed E-state index contributed by atoms with van der Waals surface area (Å²) in [7, 11) is 1.92. The molecule has 0 aliphatic carbocycles. The van der Waals surface area contributed by atoms with Crippen LogP contribution in [0.1, 0.15) is 29.1 Å². The number of amides is 1. The number of aryl methyl sites for hydroxylation is 3. The van der Waals surface area contributed by atoms with Gasteiger partial charge in [-0.15, -0.1) is 0 Å². The lowest BCUT2D eigenvalue weighted by atomic mass is 10.1. The number of halogens is 1. The van der Waals surface area contributed by atoms with Gasteiger partial charge in [0.2, 0.25) is 5.91 Å². The minimum Gasteiger partial charge on any atom is -0.311 e. The van der Waals surface area contributed by atoms with Crippen molar-refractivity contribution in [2.24, 2.45) is 7.05 Å². The predicted molar refractivity (Wildman–Crippen MR) is 106 cm³/mol. The van der Waals surface area contributed by atoms with Crippen molar-refractivity contribution in [1.82, 2.24) is 19.6 Å². The summed E-state index contributed by atoms with van der Waals surface area (Å²) in [6, 6.07) is 9.69. The topological polar surface area (TPSA) is 64.7 Å². The number of carbonyl (C=O) groups excluding carboxylic acids is 1. The number of rotatable bonds is 5. The highest BCUT2D eigenvalue weighted by Crippen LogP contribution is 2.21. The number of carbonyl (C=O) groups is 1. The molecule has 0 saturated heterocycles. The molecule has 0 saturated carbocycles. The molecule has 0 bridgehead atoms. The van der Waals surface area contributed by atoms with Crippen LogP contribution in [0.5, 0.6) is 0 Å². The second-order valence-electron chi connectivity index (χ2n) is 6.38. The van der Waals surface area contributed by atoms with Crippen LogP contribution in [0.4, 0.5) is 5.82 Å². The van der Waals surface area contributed by atoms with Gasteiger partial charge in [0.15, 0.2) is 0 Å². The van der Waals surface area contributed by atoms with Crippen LogP contribution in [0, 0.1) is 20.8 Å². The Morgan fingerprint density at radius 3 is 2.62 bits per heavy atom. The van der Waals surface area contributed by atoms with Crippen LogP contribution in [0.15, 0.2) is 34.8 Å². The summed E-state index contributed by atoms with van der Waals surface area (Å²) in [6.07, 6.45) is 1.07. The number of hydrogen-bond acceptors (Lipinski definition) is 3. The molecular formula is C19H22BrN5O. The fraction of sp³-hybridized carbons (Fsp3) is 0.316. The first kappa shape index (κ1) is 18.4. The predicted octanol–water partition coefficient (Wildman–Crippen LogP) is 3.86. The summed E-state index contributed by atoms with van der Waals surface area (Å²) in [6.45, 7) is 5.91. The van der Waals surface area contributed by atoms with Gasteiger partial charge in [0.05, 0.1) is 17.1 Å². The molecule has 136 valence electrons. The van der Waals surface area contributed by atoms with Crippen molar-refractivity contribution >= 4 is 27.7 Å². The quantitative estimate of drug-likeness (QED) is 0.687. The molecule has 0 fully saturated rings. The minimum absolute atomic E-state index is 0.0381. The van der Waals surface area contributed by atoms with Crippen molar-refractivity contribution in [3.63, 3.8) is 0 Å². The van der Waals surface area contributed by atoms with E-state index in [9.17, 15) is 4.79 Å². The zero-order valence-electron chi connectivity index (χ0n) is 15.4. The van der Waals surface area contributed by atoms with Gasteiger partial charge in [-0.2, -0.15) is 10.2 Å². The highest BCUT2D eigenvalue weighted by Gasteiger charge is 2.14. The molecule has 1 N–H and O–H groups in total. The van der Waals surface area contributed by atoms with Gasteiger partial charge >= 0.3 is 0 Å². The number of aromatic nitrogens is 4. The van der Waals surface area contributed by atoms with Gasteiger partial charge in [0, 0.05) is 29.7 Å². The molecular weight excluding hydrogens is 394 g/mol. The number of nitrogens with zero attached hydrogens (tertiary/aromatic N) is 4. The van der Waals surface area contributed by atoms with Gasteiger partial charge in [-0.05, 0) is 51.0 Å². The van der Waals surface area contributed by atoms with E-state index in [1.807, 2.05) is 62.8 Å². The van der Waals surface area contributed by atoms with E-state index < -0.39 is 0 Å². The average molecular weight is 416 g/mol. The molecule has 0 aliphatic rings.